The molecule has 2 fully saturated rings. The number of nitrogens with zero attached hydrogens (tertiary/aromatic N) is 2. The van der Waals surface area contributed by atoms with Gasteiger partial charge >= 0.3 is 0 Å². The van der Waals surface area contributed by atoms with Gasteiger partial charge in [-0.1, -0.05) is 24.3 Å². The molecule has 0 spiro atoms. The van der Waals surface area contributed by atoms with Crippen molar-refractivity contribution in [2.45, 2.75) is 12.0 Å². The molecule has 0 amide bonds. The molecule has 0 unspecified atom stereocenters. The van der Waals surface area contributed by atoms with Crippen LogP contribution in [0.15, 0.2) is 24.3 Å². The van der Waals surface area contributed by atoms with Crippen molar-refractivity contribution < 1.29 is 13.2 Å². The van der Waals surface area contributed by atoms with E-state index in [9.17, 15) is 8.42 Å². The highest BCUT2D eigenvalue weighted by Gasteiger charge is 2.49. The Labute approximate surface area is 131 Å². The molecule has 0 radical (unpaired) electrons. The van der Waals surface area contributed by atoms with Crippen LogP contribution in [0.1, 0.15) is 23.1 Å². The van der Waals surface area contributed by atoms with Crippen LogP contribution in [-0.4, -0.2) is 63.3 Å². The molecule has 0 N–H and O–H groups in total. The maximum Gasteiger partial charge on any atom is 0.211 e. The van der Waals surface area contributed by atoms with Crippen LogP contribution in [0.2, 0.25) is 0 Å². The molecule has 1 aromatic carbocycles. The molecule has 3 atom stereocenters. The molecule has 1 aromatic rings. The van der Waals surface area contributed by atoms with E-state index in [-0.39, 0.29) is 0 Å². The lowest BCUT2D eigenvalue weighted by molar-refractivity contribution is 0.00539. The third-order valence-electron chi connectivity index (χ3n) is 5.36. The van der Waals surface area contributed by atoms with E-state index >= 15 is 0 Å². The molecule has 120 valence electrons. The predicted octanol–water partition coefficient (Wildman–Crippen LogP) is 1.05. The number of morpholine rings is 1. The highest BCUT2D eigenvalue weighted by molar-refractivity contribution is 7.88. The molecular weight excluding hydrogens is 300 g/mol. The summed E-state index contributed by atoms with van der Waals surface area (Å²) in [7, 11) is -3.11. The van der Waals surface area contributed by atoms with Crippen molar-refractivity contribution in [3.8, 4) is 0 Å². The normalized spacial score (nSPS) is 32.9. The quantitative estimate of drug-likeness (QED) is 0.817. The van der Waals surface area contributed by atoms with Crippen molar-refractivity contribution in [1.29, 1.82) is 0 Å². The monoisotopic (exact) mass is 322 g/mol. The van der Waals surface area contributed by atoms with Gasteiger partial charge in [0.25, 0.3) is 0 Å². The van der Waals surface area contributed by atoms with Gasteiger partial charge in [0.1, 0.15) is 0 Å². The van der Waals surface area contributed by atoms with E-state index in [1.807, 2.05) is 0 Å². The second-order valence-corrected chi connectivity index (χ2v) is 8.55. The molecular formula is C16H22N2O3S. The van der Waals surface area contributed by atoms with Crippen LogP contribution in [-0.2, 0) is 14.8 Å². The van der Waals surface area contributed by atoms with E-state index in [0.717, 1.165) is 26.3 Å². The minimum Gasteiger partial charge on any atom is -0.379 e. The van der Waals surface area contributed by atoms with E-state index in [0.29, 0.717) is 31.0 Å². The second-order valence-electron chi connectivity index (χ2n) is 6.57. The van der Waals surface area contributed by atoms with Gasteiger partial charge in [0.05, 0.1) is 19.5 Å². The Morgan fingerprint density at radius 1 is 1.09 bits per heavy atom. The molecule has 0 saturated carbocycles. The fraction of sp³-hybridized carbons (Fsp3) is 0.625. The van der Waals surface area contributed by atoms with Gasteiger partial charge < -0.3 is 4.74 Å². The van der Waals surface area contributed by atoms with Gasteiger partial charge in [-0.2, -0.15) is 0 Å². The number of fused-ring (bicyclic) bond motifs is 3. The van der Waals surface area contributed by atoms with Crippen LogP contribution in [0.5, 0.6) is 0 Å². The number of sulfonamides is 1. The number of ether oxygens (including phenoxy) is 1. The summed E-state index contributed by atoms with van der Waals surface area (Å²) < 4.78 is 31.0. The Morgan fingerprint density at radius 2 is 1.77 bits per heavy atom. The van der Waals surface area contributed by atoms with Crippen molar-refractivity contribution in [1.82, 2.24) is 9.21 Å². The molecule has 0 bridgehead atoms. The Kier molecular flexibility index (Phi) is 3.52. The van der Waals surface area contributed by atoms with Crippen molar-refractivity contribution in [3.05, 3.63) is 35.4 Å². The molecule has 22 heavy (non-hydrogen) atoms. The summed E-state index contributed by atoms with van der Waals surface area (Å²) in [6, 6.07) is 8.90. The Balaban J connectivity index is 1.71. The maximum atomic E-state index is 12.0. The smallest absolute Gasteiger partial charge is 0.211 e. The van der Waals surface area contributed by atoms with E-state index in [4.69, 9.17) is 4.74 Å². The number of hydrogen-bond donors (Lipinski definition) is 0. The summed E-state index contributed by atoms with van der Waals surface area (Å²) in [6.07, 6.45) is 1.32. The zero-order chi connectivity index (χ0) is 15.3. The lowest BCUT2D eigenvalue weighted by Crippen LogP contribution is -2.41. The van der Waals surface area contributed by atoms with Gasteiger partial charge in [0.2, 0.25) is 10.0 Å². The predicted molar refractivity (Wildman–Crippen MR) is 84.2 cm³/mol. The van der Waals surface area contributed by atoms with E-state index in [2.05, 4.69) is 29.2 Å². The van der Waals surface area contributed by atoms with Gasteiger partial charge in [0, 0.05) is 44.1 Å². The van der Waals surface area contributed by atoms with Crippen LogP contribution >= 0.6 is 0 Å². The number of hydrogen-bond acceptors (Lipinski definition) is 4. The van der Waals surface area contributed by atoms with Gasteiger partial charge in [-0.3, -0.25) is 4.90 Å². The maximum absolute atomic E-state index is 12.0. The van der Waals surface area contributed by atoms with Gasteiger partial charge in [-0.15, -0.1) is 0 Å². The van der Waals surface area contributed by atoms with E-state index < -0.39 is 10.0 Å². The van der Waals surface area contributed by atoms with Crippen LogP contribution in [0.25, 0.3) is 0 Å². The highest BCUT2D eigenvalue weighted by atomic mass is 32.2. The summed E-state index contributed by atoms with van der Waals surface area (Å²) in [5.74, 6) is 0.698. The summed E-state index contributed by atoms with van der Waals surface area (Å²) in [6.45, 7) is 4.67. The molecule has 4 rings (SSSR count). The summed E-state index contributed by atoms with van der Waals surface area (Å²) >= 11 is 0. The number of benzene rings is 1. The van der Waals surface area contributed by atoms with Crippen molar-refractivity contribution in [2.75, 3.05) is 45.6 Å². The van der Waals surface area contributed by atoms with Crippen molar-refractivity contribution >= 4 is 10.0 Å². The first kappa shape index (κ1) is 14.6. The zero-order valence-corrected chi connectivity index (χ0v) is 13.6. The molecule has 1 aliphatic carbocycles. The van der Waals surface area contributed by atoms with Crippen molar-refractivity contribution in [3.63, 3.8) is 0 Å². The fourth-order valence-electron chi connectivity index (χ4n) is 4.38. The molecule has 5 nitrogen and oxygen atoms in total. The topological polar surface area (TPSA) is 49.9 Å². The second kappa shape index (κ2) is 5.30. The average Bonchev–Trinajstić information content (AvgIpc) is 3.05. The van der Waals surface area contributed by atoms with Gasteiger partial charge in [-0.25, -0.2) is 12.7 Å². The zero-order valence-electron chi connectivity index (χ0n) is 12.8. The largest absolute Gasteiger partial charge is 0.379 e. The molecule has 2 aliphatic heterocycles. The Morgan fingerprint density at radius 3 is 2.45 bits per heavy atom. The standard InChI is InChI=1S/C16H22N2O3S/c1-22(19,20)18-10-14-12-4-2-3-5-13(12)16(15(14)11-18)17-6-8-21-9-7-17/h2-5,14-16H,6-11H2,1H3/t14-,15-,16+/m1/s1. The van der Waals surface area contributed by atoms with Gasteiger partial charge in [0.15, 0.2) is 0 Å². The SMILES string of the molecule is CS(=O)(=O)N1C[C@@H]2[C@H](C1)c1ccccc1[C@@H]2N1CCOCC1. The third-order valence-corrected chi connectivity index (χ3v) is 6.60. The summed E-state index contributed by atoms with van der Waals surface area (Å²) in [5.41, 5.74) is 2.74. The van der Waals surface area contributed by atoms with E-state index in [1.54, 1.807) is 4.31 Å². The molecule has 6 heteroatoms. The first-order chi connectivity index (χ1) is 10.6. The van der Waals surface area contributed by atoms with E-state index in [1.165, 1.54) is 17.4 Å². The first-order valence-electron chi connectivity index (χ1n) is 7.91. The molecule has 0 aromatic heterocycles. The Hall–Kier alpha value is -0.950. The molecule has 2 saturated heterocycles. The first-order valence-corrected chi connectivity index (χ1v) is 9.76. The van der Waals surface area contributed by atoms with Crippen LogP contribution < -0.4 is 0 Å². The average molecular weight is 322 g/mol. The number of rotatable bonds is 2. The minimum absolute atomic E-state index is 0.330. The lowest BCUT2D eigenvalue weighted by atomic mass is 9.93. The fourth-order valence-corrected chi connectivity index (χ4v) is 5.26. The Bertz CT molecular complexity index is 670. The highest BCUT2D eigenvalue weighted by Crippen LogP contribution is 2.52. The van der Waals surface area contributed by atoms with Crippen molar-refractivity contribution in [2.24, 2.45) is 5.92 Å². The molecule has 2 heterocycles. The summed E-state index contributed by atoms with van der Waals surface area (Å²) in [5, 5.41) is 0. The van der Waals surface area contributed by atoms with Gasteiger partial charge in [-0.05, 0) is 11.1 Å². The van der Waals surface area contributed by atoms with Crippen LogP contribution in [0.4, 0.5) is 0 Å². The molecule has 3 aliphatic rings. The van der Waals surface area contributed by atoms with Crippen LogP contribution in [0, 0.1) is 5.92 Å². The summed E-state index contributed by atoms with van der Waals surface area (Å²) in [4.78, 5) is 2.48. The third kappa shape index (κ3) is 2.29. The lowest BCUT2D eigenvalue weighted by Gasteiger charge is -2.36. The minimum atomic E-state index is -3.11. The van der Waals surface area contributed by atoms with Crippen LogP contribution in [0.3, 0.4) is 0 Å².